The smallest absolute Gasteiger partial charge is 0.0870 e. The van der Waals surface area contributed by atoms with Gasteiger partial charge in [-0.15, -0.1) is 0 Å². The van der Waals surface area contributed by atoms with Crippen LogP contribution >= 0.6 is 15.9 Å². The molecule has 1 fully saturated rings. The maximum atomic E-state index is 4.88. The van der Waals surface area contributed by atoms with Crippen molar-refractivity contribution < 1.29 is 0 Å². The normalized spacial score (nSPS) is 14.9. The zero-order valence-corrected chi connectivity index (χ0v) is 13.0. The van der Waals surface area contributed by atoms with Gasteiger partial charge in [-0.25, -0.2) is 0 Å². The van der Waals surface area contributed by atoms with Crippen molar-refractivity contribution in [2.45, 2.75) is 39.0 Å². The lowest BCUT2D eigenvalue weighted by atomic mass is 10.1. The molecule has 0 saturated heterocycles. The lowest BCUT2D eigenvalue weighted by Gasteiger charge is -2.14. The van der Waals surface area contributed by atoms with E-state index in [1.807, 2.05) is 0 Å². The molecule has 2 aromatic rings. The zero-order valence-electron chi connectivity index (χ0n) is 11.5. The summed E-state index contributed by atoms with van der Waals surface area (Å²) in [5.41, 5.74) is 4.87. The Morgan fingerprint density at radius 2 is 2.16 bits per heavy atom. The minimum atomic E-state index is 0.680. The number of aromatic nitrogens is 1. The van der Waals surface area contributed by atoms with Crippen molar-refractivity contribution in [3.63, 3.8) is 0 Å². The summed E-state index contributed by atoms with van der Waals surface area (Å²) in [4.78, 5) is 4.88. The van der Waals surface area contributed by atoms with Gasteiger partial charge in [0.05, 0.1) is 5.52 Å². The van der Waals surface area contributed by atoms with Crippen molar-refractivity contribution >= 4 is 32.5 Å². The first kappa shape index (κ1) is 12.9. The standard InChI is InChI=1S/C16H19BrN2/c1-3-8-18-14-9-13(11-5-6-11)19-16-12(17)7-4-10(2)15(14)16/h4,7,9,11H,3,5-6,8H2,1-2H3,(H,18,19). The predicted molar refractivity (Wildman–Crippen MR) is 84.9 cm³/mol. The van der Waals surface area contributed by atoms with Crippen LogP contribution in [0.4, 0.5) is 5.69 Å². The highest BCUT2D eigenvalue weighted by molar-refractivity contribution is 9.10. The van der Waals surface area contributed by atoms with Gasteiger partial charge in [-0.05, 0) is 59.8 Å². The maximum absolute atomic E-state index is 4.88. The van der Waals surface area contributed by atoms with Gasteiger partial charge in [0.2, 0.25) is 0 Å². The summed E-state index contributed by atoms with van der Waals surface area (Å²) in [6.07, 6.45) is 3.71. The molecule has 1 saturated carbocycles. The number of halogens is 1. The van der Waals surface area contributed by atoms with E-state index in [2.05, 4.69) is 53.3 Å². The summed E-state index contributed by atoms with van der Waals surface area (Å²) in [6.45, 7) is 5.36. The maximum Gasteiger partial charge on any atom is 0.0870 e. The Kier molecular flexibility index (Phi) is 3.48. The van der Waals surface area contributed by atoms with Gasteiger partial charge in [0.15, 0.2) is 0 Å². The van der Waals surface area contributed by atoms with Crippen LogP contribution in [0.25, 0.3) is 10.9 Å². The quantitative estimate of drug-likeness (QED) is 0.857. The van der Waals surface area contributed by atoms with Gasteiger partial charge < -0.3 is 5.32 Å². The molecular weight excluding hydrogens is 300 g/mol. The topological polar surface area (TPSA) is 24.9 Å². The monoisotopic (exact) mass is 318 g/mol. The van der Waals surface area contributed by atoms with Gasteiger partial charge in [-0.2, -0.15) is 0 Å². The Morgan fingerprint density at radius 1 is 1.37 bits per heavy atom. The van der Waals surface area contributed by atoms with Crippen LogP contribution in [-0.2, 0) is 0 Å². The summed E-state index contributed by atoms with van der Waals surface area (Å²) < 4.78 is 1.09. The molecule has 0 aliphatic heterocycles. The van der Waals surface area contributed by atoms with Crippen LogP contribution < -0.4 is 5.32 Å². The second kappa shape index (κ2) is 5.12. The van der Waals surface area contributed by atoms with Crippen LogP contribution in [0.1, 0.15) is 43.4 Å². The fraction of sp³-hybridized carbons (Fsp3) is 0.438. The third-order valence-electron chi connectivity index (χ3n) is 3.70. The first-order valence-corrected chi connectivity index (χ1v) is 7.83. The van der Waals surface area contributed by atoms with Crippen molar-refractivity contribution in [2.75, 3.05) is 11.9 Å². The Morgan fingerprint density at radius 3 is 2.84 bits per heavy atom. The molecule has 0 spiro atoms. The van der Waals surface area contributed by atoms with Gasteiger partial charge in [0.25, 0.3) is 0 Å². The van der Waals surface area contributed by atoms with E-state index in [1.165, 1.54) is 35.2 Å². The van der Waals surface area contributed by atoms with Crippen molar-refractivity contribution in [1.29, 1.82) is 0 Å². The van der Waals surface area contributed by atoms with Gasteiger partial charge in [0.1, 0.15) is 0 Å². The third-order valence-corrected chi connectivity index (χ3v) is 4.34. The van der Waals surface area contributed by atoms with Crippen molar-refractivity contribution in [3.8, 4) is 0 Å². The Balaban J connectivity index is 2.20. The molecular formula is C16H19BrN2. The Bertz CT molecular complexity index is 618. The van der Waals surface area contributed by atoms with Gasteiger partial charge in [-0.1, -0.05) is 13.0 Å². The minimum Gasteiger partial charge on any atom is -0.384 e. The molecule has 1 aliphatic carbocycles. The van der Waals surface area contributed by atoms with E-state index in [4.69, 9.17) is 4.98 Å². The van der Waals surface area contributed by atoms with E-state index in [1.54, 1.807) is 0 Å². The minimum absolute atomic E-state index is 0.680. The molecule has 1 aromatic carbocycles. The Hall–Kier alpha value is -1.09. The van der Waals surface area contributed by atoms with Crippen molar-refractivity contribution in [2.24, 2.45) is 0 Å². The van der Waals surface area contributed by atoms with E-state index >= 15 is 0 Å². The molecule has 1 N–H and O–H groups in total. The molecule has 3 rings (SSSR count). The number of rotatable bonds is 4. The molecule has 0 amide bonds. The summed E-state index contributed by atoms with van der Waals surface area (Å²) in [6, 6.07) is 6.52. The van der Waals surface area contributed by atoms with E-state index in [0.717, 1.165) is 23.0 Å². The molecule has 2 nitrogen and oxygen atoms in total. The summed E-state index contributed by atoms with van der Waals surface area (Å²) in [7, 11) is 0. The lowest BCUT2D eigenvalue weighted by Crippen LogP contribution is -2.03. The number of aryl methyl sites for hydroxylation is 1. The van der Waals surface area contributed by atoms with Crippen LogP contribution in [0.3, 0.4) is 0 Å². The average molecular weight is 319 g/mol. The highest BCUT2D eigenvalue weighted by Crippen LogP contribution is 2.42. The van der Waals surface area contributed by atoms with E-state index in [0.29, 0.717) is 5.92 Å². The fourth-order valence-corrected chi connectivity index (χ4v) is 2.90. The molecule has 0 bridgehead atoms. The van der Waals surface area contributed by atoms with Crippen LogP contribution in [0.2, 0.25) is 0 Å². The largest absolute Gasteiger partial charge is 0.384 e. The van der Waals surface area contributed by atoms with Crippen LogP contribution in [-0.4, -0.2) is 11.5 Å². The number of fused-ring (bicyclic) bond motifs is 1. The SMILES string of the molecule is CCCNc1cc(C2CC2)nc2c(Br)ccc(C)c12. The zero-order chi connectivity index (χ0) is 13.4. The molecule has 3 heteroatoms. The molecule has 0 unspecified atom stereocenters. The first-order chi connectivity index (χ1) is 9.20. The van der Waals surface area contributed by atoms with Gasteiger partial charge in [-0.3, -0.25) is 4.98 Å². The summed E-state index contributed by atoms with van der Waals surface area (Å²) in [5, 5.41) is 4.82. The van der Waals surface area contributed by atoms with Crippen LogP contribution in [0.15, 0.2) is 22.7 Å². The first-order valence-electron chi connectivity index (χ1n) is 7.04. The van der Waals surface area contributed by atoms with E-state index < -0.39 is 0 Å². The fourth-order valence-electron chi connectivity index (χ4n) is 2.48. The number of nitrogens with zero attached hydrogens (tertiary/aromatic N) is 1. The summed E-state index contributed by atoms with van der Waals surface area (Å²) in [5.74, 6) is 0.680. The van der Waals surface area contributed by atoms with Crippen LogP contribution in [0, 0.1) is 6.92 Å². The van der Waals surface area contributed by atoms with Crippen molar-refractivity contribution in [3.05, 3.63) is 33.9 Å². The average Bonchev–Trinajstić information content (AvgIpc) is 3.24. The third kappa shape index (κ3) is 2.48. The number of benzene rings is 1. The highest BCUT2D eigenvalue weighted by Gasteiger charge is 2.26. The van der Waals surface area contributed by atoms with Crippen molar-refractivity contribution in [1.82, 2.24) is 4.98 Å². The van der Waals surface area contributed by atoms with E-state index in [9.17, 15) is 0 Å². The second-order valence-electron chi connectivity index (χ2n) is 5.38. The summed E-state index contributed by atoms with van der Waals surface area (Å²) >= 11 is 3.65. The predicted octanol–water partition coefficient (Wildman–Crippen LogP) is 5.01. The molecule has 100 valence electrons. The molecule has 1 aliphatic rings. The number of pyridine rings is 1. The molecule has 0 atom stereocenters. The number of anilines is 1. The van der Waals surface area contributed by atoms with E-state index in [-0.39, 0.29) is 0 Å². The number of nitrogens with one attached hydrogen (secondary N) is 1. The number of hydrogen-bond acceptors (Lipinski definition) is 2. The molecule has 1 aromatic heterocycles. The molecule has 19 heavy (non-hydrogen) atoms. The second-order valence-corrected chi connectivity index (χ2v) is 6.24. The lowest BCUT2D eigenvalue weighted by molar-refractivity contribution is 0.976. The van der Waals surface area contributed by atoms with Gasteiger partial charge >= 0.3 is 0 Å². The highest BCUT2D eigenvalue weighted by atomic mass is 79.9. The molecule has 0 radical (unpaired) electrons. The van der Waals surface area contributed by atoms with Crippen LogP contribution in [0.5, 0.6) is 0 Å². The van der Waals surface area contributed by atoms with Gasteiger partial charge in [0, 0.05) is 33.7 Å². The Labute approximate surface area is 122 Å². The number of hydrogen-bond donors (Lipinski definition) is 1. The molecule has 1 heterocycles.